The van der Waals surface area contributed by atoms with E-state index < -0.39 is 11.6 Å². The number of hydrogen-bond donors (Lipinski definition) is 0. The molecule has 0 bridgehead atoms. The number of hydrogen-bond acceptors (Lipinski definition) is 3. The average Bonchev–Trinajstić information content (AvgIpc) is 2.88. The molecule has 2 saturated carbocycles. The van der Waals surface area contributed by atoms with Crippen LogP contribution >= 0.6 is 0 Å². The first-order valence-corrected chi connectivity index (χ1v) is 13.1. The Morgan fingerprint density at radius 2 is 1.53 bits per heavy atom. The Labute approximate surface area is 211 Å². The summed E-state index contributed by atoms with van der Waals surface area (Å²) in [6.07, 6.45) is 8.10. The Morgan fingerprint density at radius 1 is 0.889 bits per heavy atom. The molecular weight excluding hydrogens is 465 g/mol. The van der Waals surface area contributed by atoms with Gasteiger partial charge in [-0.05, 0) is 112 Å². The third kappa shape index (κ3) is 6.32. The highest BCUT2D eigenvalue weighted by molar-refractivity contribution is 5.75. The van der Waals surface area contributed by atoms with E-state index in [2.05, 4.69) is 0 Å². The third-order valence-electron chi connectivity index (χ3n) is 7.68. The van der Waals surface area contributed by atoms with Crippen molar-refractivity contribution in [2.75, 3.05) is 6.61 Å². The minimum absolute atomic E-state index is 0.0706. The predicted octanol–water partition coefficient (Wildman–Crippen LogP) is 8.39. The van der Waals surface area contributed by atoms with Crippen LogP contribution in [-0.4, -0.2) is 12.6 Å². The van der Waals surface area contributed by atoms with E-state index in [1.807, 2.05) is 24.3 Å². The van der Waals surface area contributed by atoms with Gasteiger partial charge in [-0.1, -0.05) is 24.3 Å². The van der Waals surface area contributed by atoms with Crippen LogP contribution in [-0.2, 0) is 4.79 Å². The second-order valence-corrected chi connectivity index (χ2v) is 10.1. The standard InChI is InChI=1S/C30H35F3O3/c1-3-35-27-17-16-26(28(32)29(27)33)23-8-10-24(11-9-23)30(34)36-25-14-12-22(13-15-25)21-6-4-20(5-7-21)18-19(2)31/h12-18,20-21,23-24H,3-11H2,1-2H3/b19-18-. The molecule has 2 aromatic carbocycles. The highest BCUT2D eigenvalue weighted by atomic mass is 19.2. The Bertz CT molecular complexity index is 1060. The lowest BCUT2D eigenvalue weighted by atomic mass is 9.78. The van der Waals surface area contributed by atoms with E-state index in [0.717, 1.165) is 25.7 Å². The summed E-state index contributed by atoms with van der Waals surface area (Å²) < 4.78 is 52.8. The first-order chi connectivity index (χ1) is 17.4. The number of ether oxygens (including phenoxy) is 2. The van der Waals surface area contributed by atoms with Crippen LogP contribution < -0.4 is 9.47 Å². The summed E-state index contributed by atoms with van der Waals surface area (Å²) in [4.78, 5) is 12.8. The van der Waals surface area contributed by atoms with E-state index in [1.165, 1.54) is 18.6 Å². The molecule has 2 aromatic rings. The van der Waals surface area contributed by atoms with Crippen LogP contribution in [0.15, 0.2) is 48.3 Å². The van der Waals surface area contributed by atoms with Crippen molar-refractivity contribution in [1.82, 2.24) is 0 Å². The van der Waals surface area contributed by atoms with Crippen molar-refractivity contribution in [3.63, 3.8) is 0 Å². The lowest BCUT2D eigenvalue weighted by Gasteiger charge is -2.28. The molecule has 36 heavy (non-hydrogen) atoms. The molecular formula is C30H35F3O3. The van der Waals surface area contributed by atoms with Gasteiger partial charge in [-0.2, -0.15) is 4.39 Å². The van der Waals surface area contributed by atoms with Gasteiger partial charge in [-0.3, -0.25) is 4.79 Å². The number of carbonyl (C=O) groups is 1. The zero-order valence-electron chi connectivity index (χ0n) is 21.1. The molecule has 0 radical (unpaired) electrons. The minimum atomic E-state index is -0.945. The fourth-order valence-corrected chi connectivity index (χ4v) is 5.72. The Balaban J connectivity index is 1.28. The van der Waals surface area contributed by atoms with Crippen molar-refractivity contribution in [3.05, 3.63) is 71.1 Å². The molecule has 0 N–H and O–H groups in total. The normalized spacial score (nSPS) is 24.9. The van der Waals surface area contributed by atoms with Crippen LogP contribution in [0.4, 0.5) is 13.2 Å². The number of halogens is 3. The van der Waals surface area contributed by atoms with Gasteiger partial charge in [0.05, 0.1) is 18.4 Å². The summed E-state index contributed by atoms with van der Waals surface area (Å²) in [6, 6.07) is 10.8. The quantitative estimate of drug-likeness (QED) is 0.283. The maximum Gasteiger partial charge on any atom is 0.314 e. The first-order valence-electron chi connectivity index (χ1n) is 13.1. The molecule has 4 rings (SSSR count). The number of rotatable bonds is 7. The minimum Gasteiger partial charge on any atom is -0.491 e. The lowest BCUT2D eigenvalue weighted by molar-refractivity contribution is -0.140. The number of esters is 1. The monoisotopic (exact) mass is 500 g/mol. The van der Waals surface area contributed by atoms with Crippen molar-refractivity contribution < 1.29 is 27.4 Å². The van der Waals surface area contributed by atoms with E-state index >= 15 is 0 Å². The van der Waals surface area contributed by atoms with Gasteiger partial charge in [0.15, 0.2) is 11.6 Å². The summed E-state index contributed by atoms with van der Waals surface area (Å²) in [6.45, 7) is 3.49. The summed E-state index contributed by atoms with van der Waals surface area (Å²) in [7, 11) is 0. The van der Waals surface area contributed by atoms with E-state index in [9.17, 15) is 18.0 Å². The molecule has 0 amide bonds. The fourth-order valence-electron chi connectivity index (χ4n) is 5.72. The Kier molecular flexibility index (Phi) is 8.76. The van der Waals surface area contributed by atoms with E-state index in [4.69, 9.17) is 9.47 Å². The molecule has 2 fully saturated rings. The molecule has 0 aliphatic heterocycles. The van der Waals surface area contributed by atoms with Crippen molar-refractivity contribution in [1.29, 1.82) is 0 Å². The molecule has 0 spiro atoms. The Hall–Kier alpha value is -2.76. The second kappa shape index (κ2) is 12.0. The van der Waals surface area contributed by atoms with Gasteiger partial charge in [0.1, 0.15) is 5.75 Å². The van der Waals surface area contributed by atoms with Crippen LogP contribution in [0.25, 0.3) is 0 Å². The summed E-state index contributed by atoms with van der Waals surface area (Å²) in [5.74, 6) is -1.32. The van der Waals surface area contributed by atoms with Gasteiger partial charge in [-0.15, -0.1) is 0 Å². The van der Waals surface area contributed by atoms with Crippen molar-refractivity contribution >= 4 is 5.97 Å². The molecule has 2 aliphatic rings. The highest BCUT2D eigenvalue weighted by Gasteiger charge is 2.31. The summed E-state index contributed by atoms with van der Waals surface area (Å²) in [5.41, 5.74) is 1.57. The van der Waals surface area contributed by atoms with Crippen molar-refractivity contribution in [3.8, 4) is 11.5 Å². The zero-order chi connectivity index (χ0) is 25.7. The largest absolute Gasteiger partial charge is 0.491 e. The summed E-state index contributed by atoms with van der Waals surface area (Å²) in [5, 5.41) is 0. The third-order valence-corrected chi connectivity index (χ3v) is 7.68. The SMILES string of the molecule is CCOc1ccc(C2CCC(C(=O)Oc3ccc(C4CCC(/C=C(/C)F)CC4)cc3)CC2)c(F)c1F. The van der Waals surface area contributed by atoms with E-state index in [0.29, 0.717) is 48.8 Å². The van der Waals surface area contributed by atoms with Gasteiger partial charge in [0.25, 0.3) is 0 Å². The van der Waals surface area contributed by atoms with E-state index in [1.54, 1.807) is 19.1 Å². The van der Waals surface area contributed by atoms with Crippen molar-refractivity contribution in [2.24, 2.45) is 11.8 Å². The van der Waals surface area contributed by atoms with Crippen LogP contribution in [0.1, 0.15) is 88.2 Å². The summed E-state index contributed by atoms with van der Waals surface area (Å²) >= 11 is 0. The number of allylic oxidation sites excluding steroid dienone is 2. The molecule has 0 saturated heterocycles. The molecule has 194 valence electrons. The van der Waals surface area contributed by atoms with Gasteiger partial charge in [0.2, 0.25) is 5.82 Å². The fraction of sp³-hybridized carbons (Fsp3) is 0.500. The van der Waals surface area contributed by atoms with Gasteiger partial charge >= 0.3 is 5.97 Å². The molecule has 0 aromatic heterocycles. The van der Waals surface area contributed by atoms with Crippen LogP contribution in [0.2, 0.25) is 0 Å². The van der Waals surface area contributed by atoms with Gasteiger partial charge in [-0.25, -0.2) is 8.78 Å². The maximum atomic E-state index is 14.6. The Morgan fingerprint density at radius 3 is 2.14 bits per heavy atom. The molecule has 3 nitrogen and oxygen atoms in total. The van der Waals surface area contributed by atoms with Crippen LogP contribution in [0, 0.1) is 23.5 Å². The molecule has 0 heterocycles. The van der Waals surface area contributed by atoms with Crippen LogP contribution in [0.5, 0.6) is 11.5 Å². The molecule has 2 aliphatic carbocycles. The number of carbonyl (C=O) groups excluding carboxylic acids is 1. The topological polar surface area (TPSA) is 35.5 Å². The molecule has 0 unspecified atom stereocenters. The zero-order valence-corrected chi connectivity index (χ0v) is 21.1. The molecule has 6 heteroatoms. The predicted molar refractivity (Wildman–Crippen MR) is 134 cm³/mol. The van der Waals surface area contributed by atoms with E-state index in [-0.39, 0.29) is 36.0 Å². The highest BCUT2D eigenvalue weighted by Crippen LogP contribution is 2.40. The van der Waals surface area contributed by atoms with Crippen LogP contribution in [0.3, 0.4) is 0 Å². The lowest BCUT2D eigenvalue weighted by Crippen LogP contribution is -2.25. The maximum absolute atomic E-state index is 14.6. The van der Waals surface area contributed by atoms with Crippen molar-refractivity contribution in [2.45, 2.75) is 77.0 Å². The van der Waals surface area contributed by atoms with Gasteiger partial charge < -0.3 is 9.47 Å². The smallest absolute Gasteiger partial charge is 0.314 e. The molecule has 0 atom stereocenters. The van der Waals surface area contributed by atoms with Gasteiger partial charge in [0, 0.05) is 0 Å². The second-order valence-electron chi connectivity index (χ2n) is 10.1. The first kappa shape index (κ1) is 26.3. The average molecular weight is 501 g/mol. The number of benzene rings is 2.